The fraction of sp³-hybridized carbons (Fsp3) is 0.579. The quantitative estimate of drug-likeness (QED) is 0.845. The lowest BCUT2D eigenvalue weighted by Gasteiger charge is -2.23. The molecule has 2 heterocycles. The van der Waals surface area contributed by atoms with Crippen molar-refractivity contribution in [2.75, 3.05) is 33.4 Å². The van der Waals surface area contributed by atoms with Crippen molar-refractivity contribution in [2.45, 2.75) is 31.7 Å². The van der Waals surface area contributed by atoms with Crippen LogP contribution in [0, 0.1) is 5.92 Å². The lowest BCUT2D eigenvalue weighted by Crippen LogP contribution is -2.42. The van der Waals surface area contributed by atoms with Crippen LogP contribution in [0.4, 0.5) is 0 Å². The molecular formula is C19H26N2O4. The average molecular weight is 346 g/mol. The summed E-state index contributed by atoms with van der Waals surface area (Å²) in [6.07, 6.45) is 2.75. The maximum Gasteiger partial charge on any atom is 0.224 e. The normalized spacial score (nSPS) is 21.4. The smallest absolute Gasteiger partial charge is 0.224 e. The highest BCUT2D eigenvalue weighted by molar-refractivity contribution is 5.83. The SMILES string of the molecule is COc1ccc(CCN2C[C@H](NC(=O)C3CCOCC3)CC2=O)cc1. The second kappa shape index (κ2) is 8.34. The van der Waals surface area contributed by atoms with Crippen molar-refractivity contribution < 1.29 is 19.1 Å². The molecule has 2 aliphatic rings. The molecule has 1 aromatic rings. The van der Waals surface area contributed by atoms with Crippen LogP contribution in [0.3, 0.4) is 0 Å². The predicted octanol–water partition coefficient (Wildman–Crippen LogP) is 1.38. The zero-order chi connectivity index (χ0) is 17.6. The van der Waals surface area contributed by atoms with E-state index in [1.807, 2.05) is 29.2 Å². The van der Waals surface area contributed by atoms with Gasteiger partial charge in [-0.1, -0.05) is 12.1 Å². The Balaban J connectivity index is 1.45. The Kier molecular flexibility index (Phi) is 5.91. The van der Waals surface area contributed by atoms with Gasteiger partial charge in [0.05, 0.1) is 13.2 Å². The Morgan fingerprint density at radius 1 is 1.28 bits per heavy atom. The van der Waals surface area contributed by atoms with Gasteiger partial charge in [0.2, 0.25) is 11.8 Å². The van der Waals surface area contributed by atoms with Crippen molar-refractivity contribution in [1.82, 2.24) is 10.2 Å². The van der Waals surface area contributed by atoms with Crippen LogP contribution >= 0.6 is 0 Å². The van der Waals surface area contributed by atoms with Gasteiger partial charge >= 0.3 is 0 Å². The number of ether oxygens (including phenoxy) is 2. The van der Waals surface area contributed by atoms with E-state index in [2.05, 4.69) is 5.32 Å². The maximum absolute atomic E-state index is 12.3. The number of hydrogen-bond acceptors (Lipinski definition) is 4. The Morgan fingerprint density at radius 2 is 2.00 bits per heavy atom. The van der Waals surface area contributed by atoms with E-state index in [-0.39, 0.29) is 23.8 Å². The van der Waals surface area contributed by atoms with Crippen LogP contribution in [-0.2, 0) is 20.7 Å². The fourth-order valence-corrected chi connectivity index (χ4v) is 3.42. The molecule has 3 rings (SSSR count). The van der Waals surface area contributed by atoms with Crippen molar-refractivity contribution in [3.8, 4) is 5.75 Å². The number of nitrogens with zero attached hydrogens (tertiary/aromatic N) is 1. The van der Waals surface area contributed by atoms with Gasteiger partial charge in [-0.15, -0.1) is 0 Å². The van der Waals surface area contributed by atoms with Gasteiger partial charge in [0.25, 0.3) is 0 Å². The maximum atomic E-state index is 12.3. The molecule has 2 aliphatic heterocycles. The molecular weight excluding hydrogens is 320 g/mol. The highest BCUT2D eigenvalue weighted by Crippen LogP contribution is 2.18. The van der Waals surface area contributed by atoms with Crippen LogP contribution in [0.5, 0.6) is 5.75 Å². The zero-order valence-electron chi connectivity index (χ0n) is 14.7. The third-order valence-corrected chi connectivity index (χ3v) is 4.98. The Morgan fingerprint density at radius 3 is 2.68 bits per heavy atom. The number of hydrogen-bond donors (Lipinski definition) is 1. The van der Waals surface area contributed by atoms with Gasteiger partial charge in [0.1, 0.15) is 5.75 Å². The average Bonchev–Trinajstić information content (AvgIpc) is 3.00. The van der Waals surface area contributed by atoms with Gasteiger partial charge in [0, 0.05) is 38.6 Å². The van der Waals surface area contributed by atoms with E-state index in [0.29, 0.717) is 32.7 Å². The van der Waals surface area contributed by atoms with Gasteiger partial charge in [0.15, 0.2) is 0 Å². The molecule has 1 N–H and O–H groups in total. The first-order chi connectivity index (χ1) is 12.2. The molecule has 6 heteroatoms. The summed E-state index contributed by atoms with van der Waals surface area (Å²) in [5, 5.41) is 3.05. The summed E-state index contributed by atoms with van der Waals surface area (Å²) >= 11 is 0. The number of carbonyl (C=O) groups excluding carboxylic acids is 2. The number of carbonyl (C=O) groups is 2. The largest absolute Gasteiger partial charge is 0.497 e. The molecule has 0 aliphatic carbocycles. The Hall–Kier alpha value is -2.08. The Labute approximate surface area is 148 Å². The predicted molar refractivity (Wildman–Crippen MR) is 93.4 cm³/mol. The summed E-state index contributed by atoms with van der Waals surface area (Å²) in [6, 6.07) is 7.82. The van der Waals surface area contributed by atoms with Gasteiger partial charge in [-0.2, -0.15) is 0 Å². The number of rotatable bonds is 6. The summed E-state index contributed by atoms with van der Waals surface area (Å²) in [7, 11) is 1.65. The second-order valence-corrected chi connectivity index (χ2v) is 6.73. The monoisotopic (exact) mass is 346 g/mol. The van der Waals surface area contributed by atoms with Gasteiger partial charge < -0.3 is 19.7 Å². The fourth-order valence-electron chi connectivity index (χ4n) is 3.42. The highest BCUT2D eigenvalue weighted by Gasteiger charge is 2.32. The van der Waals surface area contributed by atoms with Crippen LogP contribution in [0.2, 0.25) is 0 Å². The number of methoxy groups -OCH3 is 1. The molecule has 25 heavy (non-hydrogen) atoms. The van der Waals surface area contributed by atoms with Crippen LogP contribution in [0.15, 0.2) is 24.3 Å². The highest BCUT2D eigenvalue weighted by atomic mass is 16.5. The van der Waals surface area contributed by atoms with Crippen molar-refractivity contribution in [2.24, 2.45) is 5.92 Å². The topological polar surface area (TPSA) is 67.9 Å². The summed E-state index contributed by atoms with van der Waals surface area (Å²) in [6.45, 7) is 2.57. The lowest BCUT2D eigenvalue weighted by atomic mass is 9.99. The molecule has 0 saturated carbocycles. The van der Waals surface area contributed by atoms with Crippen molar-refractivity contribution in [3.05, 3.63) is 29.8 Å². The van der Waals surface area contributed by atoms with Crippen LogP contribution in [0.1, 0.15) is 24.8 Å². The van der Waals surface area contributed by atoms with E-state index < -0.39 is 0 Å². The number of benzene rings is 1. The molecule has 2 fully saturated rings. The second-order valence-electron chi connectivity index (χ2n) is 6.73. The molecule has 0 radical (unpaired) electrons. The molecule has 2 amide bonds. The summed E-state index contributed by atoms with van der Waals surface area (Å²) in [5.74, 6) is 1.04. The van der Waals surface area contributed by atoms with E-state index >= 15 is 0 Å². The lowest BCUT2D eigenvalue weighted by molar-refractivity contribution is -0.128. The molecule has 0 spiro atoms. The first-order valence-electron chi connectivity index (χ1n) is 8.94. The van der Waals surface area contributed by atoms with Crippen molar-refractivity contribution >= 4 is 11.8 Å². The summed E-state index contributed by atoms with van der Waals surface area (Å²) in [4.78, 5) is 26.3. The van der Waals surface area contributed by atoms with E-state index in [0.717, 1.165) is 25.0 Å². The zero-order valence-corrected chi connectivity index (χ0v) is 14.7. The van der Waals surface area contributed by atoms with Crippen molar-refractivity contribution in [3.63, 3.8) is 0 Å². The first-order valence-corrected chi connectivity index (χ1v) is 8.94. The van der Waals surface area contributed by atoms with Crippen molar-refractivity contribution in [1.29, 1.82) is 0 Å². The van der Waals surface area contributed by atoms with Gasteiger partial charge in [-0.25, -0.2) is 0 Å². The standard InChI is InChI=1S/C19H26N2O4/c1-24-17-4-2-14(3-5-17)6-9-21-13-16(12-18(21)22)20-19(23)15-7-10-25-11-8-15/h2-5,15-16H,6-13H2,1H3,(H,20,23)/t16-/m1/s1. The molecule has 6 nitrogen and oxygen atoms in total. The van der Waals surface area contributed by atoms with E-state index in [9.17, 15) is 9.59 Å². The molecule has 2 saturated heterocycles. The van der Waals surface area contributed by atoms with Crippen LogP contribution in [0.25, 0.3) is 0 Å². The van der Waals surface area contributed by atoms with Crippen LogP contribution in [-0.4, -0.2) is 56.2 Å². The molecule has 0 unspecified atom stereocenters. The first kappa shape index (κ1) is 17.7. The van der Waals surface area contributed by atoms with E-state index in [1.165, 1.54) is 5.56 Å². The number of likely N-dealkylation sites (tertiary alicyclic amines) is 1. The molecule has 1 atom stereocenters. The minimum Gasteiger partial charge on any atom is -0.497 e. The molecule has 0 bridgehead atoms. The van der Waals surface area contributed by atoms with Gasteiger partial charge in [-0.3, -0.25) is 9.59 Å². The van der Waals surface area contributed by atoms with E-state index in [4.69, 9.17) is 9.47 Å². The third-order valence-electron chi connectivity index (χ3n) is 4.98. The molecule has 136 valence electrons. The summed E-state index contributed by atoms with van der Waals surface area (Å²) < 4.78 is 10.4. The molecule has 1 aromatic carbocycles. The minimum absolute atomic E-state index is 0.0252. The number of amides is 2. The minimum atomic E-state index is -0.0706. The Bertz CT molecular complexity index is 596. The van der Waals surface area contributed by atoms with Gasteiger partial charge in [-0.05, 0) is 37.0 Å². The summed E-state index contributed by atoms with van der Waals surface area (Å²) in [5.41, 5.74) is 1.17. The number of nitrogens with one attached hydrogen (secondary N) is 1. The third kappa shape index (κ3) is 4.72. The van der Waals surface area contributed by atoms with E-state index in [1.54, 1.807) is 7.11 Å². The van der Waals surface area contributed by atoms with Crippen LogP contribution < -0.4 is 10.1 Å². The molecule has 0 aromatic heterocycles.